The Balaban J connectivity index is 1.29. The second-order valence-electron chi connectivity index (χ2n) is 8.31. The SMILES string of the molecule is O=C(CCN1C(=O)[C@H]2CCCC[C@@H]2C1=O)NC[C@H](c1ccco1)[NH+]1CCCC1. The summed E-state index contributed by atoms with van der Waals surface area (Å²) in [4.78, 5) is 40.2. The molecule has 1 aromatic heterocycles. The van der Waals surface area contributed by atoms with Crippen molar-refractivity contribution in [1.82, 2.24) is 10.2 Å². The van der Waals surface area contributed by atoms with E-state index < -0.39 is 0 Å². The number of furan rings is 1. The molecule has 0 bridgehead atoms. The summed E-state index contributed by atoms with van der Waals surface area (Å²) >= 11 is 0. The fourth-order valence-electron chi connectivity index (χ4n) is 5.08. The molecule has 2 aliphatic heterocycles. The number of hydrogen-bond acceptors (Lipinski definition) is 4. The molecule has 3 heterocycles. The first-order valence-electron chi connectivity index (χ1n) is 10.6. The van der Waals surface area contributed by atoms with Crippen molar-refractivity contribution in [2.75, 3.05) is 26.2 Å². The topological polar surface area (TPSA) is 84.1 Å². The quantitative estimate of drug-likeness (QED) is 0.673. The molecule has 2 N–H and O–H groups in total. The highest BCUT2D eigenvalue weighted by Gasteiger charge is 2.47. The van der Waals surface area contributed by atoms with Crippen LogP contribution in [0.1, 0.15) is 56.7 Å². The van der Waals surface area contributed by atoms with Crippen LogP contribution in [0.3, 0.4) is 0 Å². The normalized spacial score (nSPS) is 26.5. The zero-order chi connectivity index (χ0) is 19.5. The zero-order valence-electron chi connectivity index (χ0n) is 16.3. The average Bonchev–Trinajstić information content (AvgIpc) is 3.45. The molecule has 3 amide bonds. The maximum absolute atomic E-state index is 12.5. The van der Waals surface area contributed by atoms with Gasteiger partial charge in [0.05, 0.1) is 37.7 Å². The molecule has 3 aliphatic rings. The molecule has 3 fully saturated rings. The van der Waals surface area contributed by atoms with E-state index in [9.17, 15) is 14.4 Å². The van der Waals surface area contributed by atoms with E-state index in [0.29, 0.717) is 6.54 Å². The predicted molar refractivity (Wildman–Crippen MR) is 101 cm³/mol. The number of quaternary nitrogens is 1. The van der Waals surface area contributed by atoms with Gasteiger partial charge in [-0.1, -0.05) is 12.8 Å². The minimum absolute atomic E-state index is 0.0718. The fourth-order valence-corrected chi connectivity index (χ4v) is 5.08. The van der Waals surface area contributed by atoms with Crippen LogP contribution < -0.4 is 10.2 Å². The van der Waals surface area contributed by atoms with E-state index in [0.717, 1.165) is 44.5 Å². The Labute approximate surface area is 165 Å². The van der Waals surface area contributed by atoms with Crippen LogP contribution in [0.25, 0.3) is 0 Å². The number of rotatable bonds is 7. The Morgan fingerprint density at radius 1 is 1.14 bits per heavy atom. The largest absolute Gasteiger partial charge is 0.463 e. The van der Waals surface area contributed by atoms with E-state index in [2.05, 4.69) is 5.32 Å². The number of fused-ring (bicyclic) bond motifs is 1. The summed E-state index contributed by atoms with van der Waals surface area (Å²) in [5.41, 5.74) is 0. The number of imide groups is 1. The van der Waals surface area contributed by atoms with Gasteiger partial charge in [-0.25, -0.2) is 0 Å². The molecule has 1 aliphatic carbocycles. The van der Waals surface area contributed by atoms with Gasteiger partial charge in [0.25, 0.3) is 0 Å². The van der Waals surface area contributed by atoms with Gasteiger partial charge >= 0.3 is 0 Å². The van der Waals surface area contributed by atoms with Crippen LogP contribution in [0.5, 0.6) is 0 Å². The summed E-state index contributed by atoms with van der Waals surface area (Å²) in [6, 6.07) is 3.95. The summed E-state index contributed by atoms with van der Waals surface area (Å²) in [5, 5.41) is 3.00. The Kier molecular flexibility index (Phi) is 5.80. The van der Waals surface area contributed by atoms with Crippen molar-refractivity contribution in [3.8, 4) is 0 Å². The van der Waals surface area contributed by atoms with Crippen LogP contribution in [0.2, 0.25) is 0 Å². The van der Waals surface area contributed by atoms with Crippen molar-refractivity contribution in [3.63, 3.8) is 0 Å². The molecular weight excluding hydrogens is 358 g/mol. The van der Waals surface area contributed by atoms with Crippen LogP contribution in [0.15, 0.2) is 22.8 Å². The predicted octanol–water partition coefficient (Wildman–Crippen LogP) is 0.681. The van der Waals surface area contributed by atoms with E-state index in [4.69, 9.17) is 4.42 Å². The van der Waals surface area contributed by atoms with Crippen LogP contribution >= 0.6 is 0 Å². The highest BCUT2D eigenvalue weighted by molar-refractivity contribution is 6.05. The molecule has 1 saturated carbocycles. The number of hydrogen-bond donors (Lipinski definition) is 2. The van der Waals surface area contributed by atoms with Crippen molar-refractivity contribution in [2.45, 2.75) is 51.0 Å². The van der Waals surface area contributed by atoms with Gasteiger partial charge in [0.1, 0.15) is 0 Å². The van der Waals surface area contributed by atoms with Crippen LogP contribution in [0, 0.1) is 11.8 Å². The third-order valence-electron chi connectivity index (χ3n) is 6.62. The maximum Gasteiger partial charge on any atom is 0.233 e. The van der Waals surface area contributed by atoms with Gasteiger partial charge in [0, 0.05) is 25.8 Å². The number of likely N-dealkylation sites (tertiary alicyclic amines) is 2. The molecule has 152 valence electrons. The molecule has 2 saturated heterocycles. The van der Waals surface area contributed by atoms with Crippen molar-refractivity contribution >= 4 is 17.7 Å². The van der Waals surface area contributed by atoms with E-state index >= 15 is 0 Å². The number of nitrogens with zero attached hydrogens (tertiary/aromatic N) is 1. The maximum atomic E-state index is 12.5. The van der Waals surface area contributed by atoms with Gasteiger partial charge in [0.2, 0.25) is 17.7 Å². The van der Waals surface area contributed by atoms with Crippen molar-refractivity contribution in [2.24, 2.45) is 11.8 Å². The average molecular weight is 388 g/mol. The smallest absolute Gasteiger partial charge is 0.233 e. The van der Waals surface area contributed by atoms with E-state index in [1.54, 1.807) is 6.26 Å². The lowest BCUT2D eigenvalue weighted by atomic mass is 9.81. The molecule has 0 unspecified atom stereocenters. The monoisotopic (exact) mass is 388 g/mol. The molecule has 3 atom stereocenters. The highest BCUT2D eigenvalue weighted by atomic mass is 16.3. The molecule has 28 heavy (non-hydrogen) atoms. The van der Waals surface area contributed by atoms with Gasteiger partial charge in [-0.05, 0) is 25.0 Å². The van der Waals surface area contributed by atoms with Gasteiger partial charge < -0.3 is 14.6 Å². The summed E-state index contributed by atoms with van der Waals surface area (Å²) in [6.07, 6.45) is 7.87. The Morgan fingerprint density at radius 3 is 2.43 bits per heavy atom. The van der Waals surface area contributed by atoms with Crippen molar-refractivity contribution < 1.29 is 23.7 Å². The molecule has 0 aromatic carbocycles. The fraction of sp³-hybridized carbons (Fsp3) is 0.667. The molecule has 4 rings (SSSR count). The van der Waals surface area contributed by atoms with Gasteiger partial charge in [0.15, 0.2) is 11.8 Å². The molecule has 0 spiro atoms. The van der Waals surface area contributed by atoms with Crippen LogP contribution in [0.4, 0.5) is 0 Å². The number of nitrogens with one attached hydrogen (secondary N) is 2. The Hall–Kier alpha value is -2.15. The molecule has 7 nitrogen and oxygen atoms in total. The van der Waals surface area contributed by atoms with E-state index in [1.165, 1.54) is 22.6 Å². The minimum atomic E-state index is -0.147. The molecule has 1 aromatic rings. The summed E-state index contributed by atoms with van der Waals surface area (Å²) in [7, 11) is 0. The standard InChI is InChI=1S/C21H29N3O4/c25-19(9-12-24-20(26)15-6-1-2-7-16(15)21(24)27)22-14-17(18-8-5-13-28-18)23-10-3-4-11-23/h5,8,13,15-17H,1-4,6-7,9-12,14H2,(H,22,25)/p+1/t15-,16-,17+/m0/s1. The third kappa shape index (κ3) is 3.85. The minimum Gasteiger partial charge on any atom is -0.463 e. The highest BCUT2D eigenvalue weighted by Crippen LogP contribution is 2.37. The third-order valence-corrected chi connectivity index (χ3v) is 6.62. The van der Waals surface area contributed by atoms with Gasteiger partial charge in [-0.15, -0.1) is 0 Å². The summed E-state index contributed by atoms with van der Waals surface area (Å²) in [5.74, 6) is 0.338. The number of amides is 3. The first-order valence-corrected chi connectivity index (χ1v) is 10.6. The molecule has 7 heteroatoms. The first kappa shape index (κ1) is 19.2. The molecule has 0 radical (unpaired) electrons. The van der Waals surface area contributed by atoms with Crippen molar-refractivity contribution in [1.29, 1.82) is 0 Å². The lowest BCUT2D eigenvalue weighted by molar-refractivity contribution is -0.919. The lowest BCUT2D eigenvalue weighted by Gasteiger charge is -2.23. The lowest BCUT2D eigenvalue weighted by Crippen LogP contribution is -3.11. The molecular formula is C21H30N3O4+. The van der Waals surface area contributed by atoms with Gasteiger partial charge in [-0.3, -0.25) is 19.3 Å². The van der Waals surface area contributed by atoms with Gasteiger partial charge in [-0.2, -0.15) is 0 Å². The Bertz CT molecular complexity index is 687. The Morgan fingerprint density at radius 2 is 1.82 bits per heavy atom. The van der Waals surface area contributed by atoms with Crippen LogP contribution in [-0.2, 0) is 14.4 Å². The second kappa shape index (κ2) is 8.47. The summed E-state index contributed by atoms with van der Waals surface area (Å²) in [6.45, 7) is 2.87. The van der Waals surface area contributed by atoms with Crippen LogP contribution in [-0.4, -0.2) is 48.8 Å². The summed E-state index contributed by atoms with van der Waals surface area (Å²) < 4.78 is 5.59. The van der Waals surface area contributed by atoms with Crippen molar-refractivity contribution in [3.05, 3.63) is 24.2 Å². The van der Waals surface area contributed by atoms with E-state index in [1.807, 2.05) is 12.1 Å². The number of carbonyl (C=O) groups excluding carboxylic acids is 3. The number of carbonyl (C=O) groups is 3. The van der Waals surface area contributed by atoms with E-state index in [-0.39, 0.29) is 48.6 Å². The zero-order valence-corrected chi connectivity index (χ0v) is 16.3. The second-order valence-corrected chi connectivity index (χ2v) is 8.31. The first-order chi connectivity index (χ1) is 13.6.